The highest BCUT2D eigenvalue weighted by atomic mass is 16.5. The molecule has 1 atom stereocenters. The van der Waals surface area contributed by atoms with Gasteiger partial charge in [0.15, 0.2) is 0 Å². The number of aliphatic carboxylic acids is 1. The summed E-state index contributed by atoms with van der Waals surface area (Å²) in [4.78, 5) is 23.0. The lowest BCUT2D eigenvalue weighted by atomic mass is 10.1. The summed E-state index contributed by atoms with van der Waals surface area (Å²) in [6.45, 7) is 4.12. The van der Waals surface area contributed by atoms with Gasteiger partial charge in [0.25, 0.3) is 0 Å². The van der Waals surface area contributed by atoms with E-state index in [2.05, 4.69) is 5.32 Å². The van der Waals surface area contributed by atoms with E-state index in [4.69, 9.17) is 14.6 Å². The number of hydrogen-bond donors (Lipinski definition) is 2. The number of rotatable bonds is 9. The van der Waals surface area contributed by atoms with Crippen LogP contribution in [0.15, 0.2) is 24.3 Å². The van der Waals surface area contributed by atoms with Crippen molar-refractivity contribution in [3.05, 3.63) is 29.8 Å². The molecule has 1 aromatic carbocycles. The van der Waals surface area contributed by atoms with Gasteiger partial charge in [0, 0.05) is 20.1 Å². The maximum absolute atomic E-state index is 12.0. The number of ether oxygens (including phenoxy) is 2. The van der Waals surface area contributed by atoms with Crippen LogP contribution >= 0.6 is 0 Å². The molecule has 0 aromatic heterocycles. The van der Waals surface area contributed by atoms with Crippen LogP contribution in [-0.2, 0) is 20.7 Å². The number of methoxy groups -OCH3 is 1. The van der Waals surface area contributed by atoms with Crippen molar-refractivity contribution in [2.45, 2.75) is 38.8 Å². The SMILES string of the molecule is COCCC(NC(=O)Cc1cccc(OC(C)C)c1)C(=O)O. The number of nitrogens with one attached hydrogen (secondary N) is 1. The summed E-state index contributed by atoms with van der Waals surface area (Å²) in [5.41, 5.74) is 0.770. The first-order chi connectivity index (χ1) is 10.4. The molecule has 22 heavy (non-hydrogen) atoms. The van der Waals surface area contributed by atoms with E-state index in [1.165, 1.54) is 7.11 Å². The van der Waals surface area contributed by atoms with Crippen molar-refractivity contribution in [3.63, 3.8) is 0 Å². The number of hydrogen-bond acceptors (Lipinski definition) is 4. The molecule has 6 heteroatoms. The van der Waals surface area contributed by atoms with Gasteiger partial charge in [-0.3, -0.25) is 4.79 Å². The molecular weight excluding hydrogens is 286 g/mol. The molecule has 0 bridgehead atoms. The number of carboxylic acid groups (broad SMARTS) is 1. The smallest absolute Gasteiger partial charge is 0.326 e. The number of amides is 1. The van der Waals surface area contributed by atoms with E-state index in [0.29, 0.717) is 5.75 Å². The van der Waals surface area contributed by atoms with Crippen LogP contribution in [0.3, 0.4) is 0 Å². The molecule has 0 radical (unpaired) electrons. The summed E-state index contributed by atoms with van der Waals surface area (Å²) >= 11 is 0. The van der Waals surface area contributed by atoms with Gasteiger partial charge in [0.1, 0.15) is 11.8 Å². The van der Waals surface area contributed by atoms with E-state index < -0.39 is 12.0 Å². The van der Waals surface area contributed by atoms with Gasteiger partial charge in [-0.1, -0.05) is 12.1 Å². The second-order valence-corrected chi connectivity index (χ2v) is 5.23. The zero-order valence-electron chi connectivity index (χ0n) is 13.2. The largest absolute Gasteiger partial charge is 0.491 e. The summed E-state index contributed by atoms with van der Waals surface area (Å²) < 4.78 is 10.4. The van der Waals surface area contributed by atoms with Crippen molar-refractivity contribution >= 4 is 11.9 Å². The molecule has 0 spiro atoms. The Hall–Kier alpha value is -2.08. The van der Waals surface area contributed by atoms with Crippen LogP contribution < -0.4 is 10.1 Å². The average molecular weight is 309 g/mol. The number of carbonyl (C=O) groups is 2. The average Bonchev–Trinajstić information content (AvgIpc) is 2.42. The highest BCUT2D eigenvalue weighted by Crippen LogP contribution is 2.15. The Bertz CT molecular complexity index is 501. The molecule has 1 rings (SSSR count). The first-order valence-electron chi connectivity index (χ1n) is 7.19. The van der Waals surface area contributed by atoms with Crippen LogP contribution in [-0.4, -0.2) is 42.8 Å². The van der Waals surface area contributed by atoms with Gasteiger partial charge < -0.3 is 19.9 Å². The van der Waals surface area contributed by atoms with Crippen molar-refractivity contribution in [2.75, 3.05) is 13.7 Å². The molecule has 0 aliphatic heterocycles. The minimum atomic E-state index is -1.07. The Morgan fingerprint density at radius 3 is 2.64 bits per heavy atom. The van der Waals surface area contributed by atoms with Gasteiger partial charge in [-0.2, -0.15) is 0 Å². The Morgan fingerprint density at radius 1 is 1.32 bits per heavy atom. The summed E-state index contributed by atoms with van der Waals surface area (Å²) in [5.74, 6) is -0.720. The molecule has 2 N–H and O–H groups in total. The van der Waals surface area contributed by atoms with Crippen LogP contribution in [0.25, 0.3) is 0 Å². The van der Waals surface area contributed by atoms with Crippen LogP contribution in [0.2, 0.25) is 0 Å². The predicted molar refractivity (Wildman–Crippen MR) is 82.0 cm³/mol. The van der Waals surface area contributed by atoms with Crippen molar-refractivity contribution in [1.82, 2.24) is 5.32 Å². The van der Waals surface area contributed by atoms with Gasteiger partial charge in [0.2, 0.25) is 5.91 Å². The van der Waals surface area contributed by atoms with E-state index in [9.17, 15) is 9.59 Å². The fourth-order valence-electron chi connectivity index (χ4n) is 1.92. The first kappa shape index (κ1) is 18.0. The number of benzene rings is 1. The second-order valence-electron chi connectivity index (χ2n) is 5.23. The lowest BCUT2D eigenvalue weighted by Crippen LogP contribution is -2.42. The second kappa shape index (κ2) is 9.04. The predicted octanol–water partition coefficient (Wildman–Crippen LogP) is 1.62. The van der Waals surface area contributed by atoms with E-state index in [1.54, 1.807) is 18.2 Å². The zero-order valence-corrected chi connectivity index (χ0v) is 13.2. The third kappa shape index (κ3) is 6.58. The number of carbonyl (C=O) groups excluding carboxylic acids is 1. The molecule has 0 saturated carbocycles. The van der Waals surface area contributed by atoms with Crippen LogP contribution in [0, 0.1) is 0 Å². The maximum atomic E-state index is 12.0. The minimum Gasteiger partial charge on any atom is -0.491 e. The lowest BCUT2D eigenvalue weighted by Gasteiger charge is -2.14. The summed E-state index contributed by atoms with van der Waals surface area (Å²) in [7, 11) is 1.49. The first-order valence-corrected chi connectivity index (χ1v) is 7.19. The van der Waals surface area contributed by atoms with Gasteiger partial charge >= 0.3 is 5.97 Å². The van der Waals surface area contributed by atoms with Gasteiger partial charge in [-0.25, -0.2) is 4.79 Å². The molecule has 0 fully saturated rings. The molecule has 0 saturated heterocycles. The summed E-state index contributed by atoms with van der Waals surface area (Å²) in [6.07, 6.45) is 0.384. The third-order valence-electron chi connectivity index (χ3n) is 2.88. The maximum Gasteiger partial charge on any atom is 0.326 e. The van der Waals surface area contributed by atoms with Gasteiger partial charge in [-0.15, -0.1) is 0 Å². The van der Waals surface area contributed by atoms with Crippen LogP contribution in [0.4, 0.5) is 0 Å². The Labute approximate surface area is 130 Å². The fourth-order valence-corrected chi connectivity index (χ4v) is 1.92. The molecule has 0 heterocycles. The fraction of sp³-hybridized carbons (Fsp3) is 0.500. The van der Waals surface area contributed by atoms with Crippen LogP contribution in [0.1, 0.15) is 25.8 Å². The van der Waals surface area contributed by atoms with Crippen molar-refractivity contribution in [2.24, 2.45) is 0 Å². The summed E-state index contributed by atoms with van der Waals surface area (Å²) in [6, 6.07) is 6.27. The number of carboxylic acids is 1. The van der Waals surface area contributed by atoms with Gasteiger partial charge in [0.05, 0.1) is 12.5 Å². The van der Waals surface area contributed by atoms with Crippen molar-refractivity contribution in [3.8, 4) is 5.75 Å². The quantitative estimate of drug-likeness (QED) is 0.724. The normalized spacial score (nSPS) is 12.0. The Morgan fingerprint density at radius 2 is 2.05 bits per heavy atom. The Balaban J connectivity index is 2.61. The standard InChI is InChI=1S/C16H23NO5/c1-11(2)22-13-6-4-5-12(9-13)10-15(18)17-14(16(19)20)7-8-21-3/h4-6,9,11,14H,7-8,10H2,1-3H3,(H,17,18)(H,19,20). The third-order valence-corrected chi connectivity index (χ3v) is 2.88. The lowest BCUT2D eigenvalue weighted by molar-refractivity contribution is -0.142. The molecule has 0 aliphatic rings. The zero-order chi connectivity index (χ0) is 16.5. The molecular formula is C16H23NO5. The van der Waals surface area contributed by atoms with Crippen LogP contribution in [0.5, 0.6) is 5.75 Å². The van der Waals surface area contributed by atoms with E-state index in [1.807, 2.05) is 19.9 Å². The van der Waals surface area contributed by atoms with E-state index in [-0.39, 0.29) is 31.5 Å². The van der Waals surface area contributed by atoms with E-state index in [0.717, 1.165) is 5.56 Å². The van der Waals surface area contributed by atoms with Crippen molar-refractivity contribution in [1.29, 1.82) is 0 Å². The topological polar surface area (TPSA) is 84.9 Å². The molecule has 1 aromatic rings. The minimum absolute atomic E-state index is 0.0505. The monoisotopic (exact) mass is 309 g/mol. The molecule has 122 valence electrons. The molecule has 0 aliphatic carbocycles. The molecule has 6 nitrogen and oxygen atoms in total. The summed E-state index contributed by atoms with van der Waals surface area (Å²) in [5, 5.41) is 11.6. The van der Waals surface area contributed by atoms with Crippen molar-refractivity contribution < 1.29 is 24.2 Å². The molecule has 1 amide bonds. The Kier molecular flexibility index (Phi) is 7.39. The molecule has 1 unspecified atom stereocenters. The highest BCUT2D eigenvalue weighted by Gasteiger charge is 2.19. The highest BCUT2D eigenvalue weighted by molar-refractivity contribution is 5.84. The van der Waals surface area contributed by atoms with E-state index >= 15 is 0 Å². The van der Waals surface area contributed by atoms with Gasteiger partial charge in [-0.05, 0) is 31.5 Å².